The average Bonchev–Trinajstić information content (AvgIpc) is 3.19. The summed E-state index contributed by atoms with van der Waals surface area (Å²) < 4.78 is 2.82. The van der Waals surface area contributed by atoms with Crippen LogP contribution in [0.5, 0.6) is 0 Å². The van der Waals surface area contributed by atoms with Crippen molar-refractivity contribution >= 4 is 43.2 Å². The Morgan fingerprint density at radius 1 is 0.410 bits per heavy atom. The van der Waals surface area contributed by atoms with Crippen molar-refractivity contribution in [2.45, 2.75) is 195 Å². The van der Waals surface area contributed by atoms with Crippen LogP contribution in [-0.2, 0) is 12.8 Å². The van der Waals surface area contributed by atoms with Gasteiger partial charge < -0.3 is 0 Å². The monoisotopic (exact) mass is 688 g/mol. The lowest BCUT2D eigenvalue weighted by atomic mass is 9.85. The van der Waals surface area contributed by atoms with E-state index < -0.39 is 0 Å². The molecule has 0 saturated heterocycles. The SMILES string of the molecule is CCCCCCCCC(CCCCCC)Cc1c(Br)sc(Br)c1CC(CCCCCC)CCCCCCCC. The Labute approximate surface area is 266 Å². The maximum atomic E-state index is 4.04. The van der Waals surface area contributed by atoms with E-state index >= 15 is 0 Å². The molecule has 0 radical (unpaired) electrons. The summed E-state index contributed by atoms with van der Waals surface area (Å²) in [4.78, 5) is 0. The smallest absolute Gasteiger partial charge is 0.0745 e. The van der Waals surface area contributed by atoms with E-state index in [0.717, 1.165) is 11.8 Å². The second-order valence-corrected chi connectivity index (χ2v) is 16.2. The van der Waals surface area contributed by atoms with E-state index in [-0.39, 0.29) is 0 Å². The first-order chi connectivity index (χ1) is 19.1. The Balaban J connectivity index is 2.85. The van der Waals surface area contributed by atoms with Gasteiger partial charge in [-0.25, -0.2) is 0 Å². The van der Waals surface area contributed by atoms with E-state index in [2.05, 4.69) is 59.6 Å². The molecular weight excluding hydrogens is 624 g/mol. The molecule has 0 aliphatic carbocycles. The highest BCUT2D eigenvalue weighted by Crippen LogP contribution is 2.41. The van der Waals surface area contributed by atoms with Crippen LogP contribution >= 0.6 is 43.2 Å². The molecule has 0 bridgehead atoms. The van der Waals surface area contributed by atoms with Crippen LogP contribution in [0.1, 0.15) is 193 Å². The molecule has 0 nitrogen and oxygen atoms in total. The predicted octanol–water partition coefficient (Wildman–Crippen LogP) is 15.0. The van der Waals surface area contributed by atoms with Gasteiger partial charge in [-0.2, -0.15) is 0 Å². The zero-order valence-corrected chi connectivity index (χ0v) is 30.7. The lowest BCUT2D eigenvalue weighted by Gasteiger charge is -2.21. The van der Waals surface area contributed by atoms with Crippen LogP contribution in [0.2, 0.25) is 0 Å². The minimum absolute atomic E-state index is 0.853. The van der Waals surface area contributed by atoms with Gasteiger partial charge in [0, 0.05) is 0 Å². The van der Waals surface area contributed by atoms with Gasteiger partial charge in [-0.15, -0.1) is 11.3 Å². The molecule has 2 atom stereocenters. The number of rotatable bonds is 28. The molecule has 0 aromatic carbocycles. The Morgan fingerprint density at radius 3 is 0.974 bits per heavy atom. The zero-order valence-electron chi connectivity index (χ0n) is 26.7. The second kappa shape index (κ2) is 26.3. The molecule has 0 saturated carbocycles. The second-order valence-electron chi connectivity index (χ2n) is 12.6. The van der Waals surface area contributed by atoms with Gasteiger partial charge in [0.15, 0.2) is 0 Å². The van der Waals surface area contributed by atoms with Gasteiger partial charge in [0.2, 0.25) is 0 Å². The number of thiophene rings is 1. The van der Waals surface area contributed by atoms with E-state index in [1.54, 1.807) is 11.1 Å². The molecule has 1 aromatic heterocycles. The molecule has 1 heterocycles. The van der Waals surface area contributed by atoms with Gasteiger partial charge in [0.1, 0.15) is 0 Å². The molecule has 0 fully saturated rings. The number of hydrogen-bond donors (Lipinski definition) is 0. The molecule has 1 rings (SSSR count). The van der Waals surface area contributed by atoms with Gasteiger partial charge in [0.25, 0.3) is 0 Å². The number of hydrogen-bond acceptors (Lipinski definition) is 1. The van der Waals surface area contributed by atoms with E-state index in [1.165, 1.54) is 175 Å². The van der Waals surface area contributed by atoms with Gasteiger partial charge in [-0.05, 0) is 67.7 Å². The van der Waals surface area contributed by atoms with E-state index in [0.29, 0.717) is 0 Å². The number of unbranched alkanes of at least 4 members (excludes halogenated alkanes) is 16. The van der Waals surface area contributed by atoms with Crippen LogP contribution in [0.3, 0.4) is 0 Å². The van der Waals surface area contributed by atoms with Gasteiger partial charge in [-0.3, -0.25) is 0 Å². The zero-order chi connectivity index (χ0) is 28.6. The minimum atomic E-state index is 0.853. The van der Waals surface area contributed by atoms with Crippen LogP contribution in [0.25, 0.3) is 0 Å². The maximum Gasteiger partial charge on any atom is 0.0745 e. The molecule has 3 heteroatoms. The molecule has 0 spiro atoms. The fraction of sp³-hybridized carbons (Fsp3) is 0.889. The summed E-state index contributed by atoms with van der Waals surface area (Å²) in [5, 5.41) is 0. The molecule has 0 N–H and O–H groups in total. The van der Waals surface area contributed by atoms with Crippen molar-refractivity contribution < 1.29 is 0 Å². The van der Waals surface area contributed by atoms with Crippen molar-refractivity contribution in [1.29, 1.82) is 0 Å². The molecule has 0 aliphatic heterocycles. The summed E-state index contributed by atoms with van der Waals surface area (Å²) in [6, 6.07) is 0. The molecule has 0 aliphatic rings. The van der Waals surface area contributed by atoms with Crippen LogP contribution < -0.4 is 0 Å². The van der Waals surface area contributed by atoms with Crippen LogP contribution in [-0.4, -0.2) is 0 Å². The van der Waals surface area contributed by atoms with Crippen LogP contribution in [0.4, 0.5) is 0 Å². The van der Waals surface area contributed by atoms with E-state index in [4.69, 9.17) is 0 Å². The van der Waals surface area contributed by atoms with Crippen molar-refractivity contribution in [2.75, 3.05) is 0 Å². The Kier molecular flexibility index (Phi) is 25.4. The average molecular weight is 691 g/mol. The lowest BCUT2D eigenvalue weighted by molar-refractivity contribution is 0.391. The highest BCUT2D eigenvalue weighted by atomic mass is 79.9. The summed E-state index contributed by atoms with van der Waals surface area (Å²) in [6.45, 7) is 9.32. The normalized spacial score (nSPS) is 13.3. The van der Waals surface area contributed by atoms with Crippen molar-refractivity contribution in [3.8, 4) is 0 Å². The highest BCUT2D eigenvalue weighted by Gasteiger charge is 2.22. The Bertz CT molecular complexity index is 613. The minimum Gasteiger partial charge on any atom is -0.121 e. The molecular formula is C36H66Br2S. The topological polar surface area (TPSA) is 0 Å². The summed E-state index contributed by atoms with van der Waals surface area (Å²) in [6.07, 6.45) is 36.5. The predicted molar refractivity (Wildman–Crippen MR) is 188 cm³/mol. The van der Waals surface area contributed by atoms with E-state index in [1.807, 2.05) is 11.3 Å². The summed E-state index contributed by atoms with van der Waals surface area (Å²) in [7, 11) is 0. The first-order valence-electron chi connectivity index (χ1n) is 17.5. The third-order valence-corrected chi connectivity index (χ3v) is 11.6. The van der Waals surface area contributed by atoms with Crippen molar-refractivity contribution in [3.05, 3.63) is 18.7 Å². The summed E-state index contributed by atoms with van der Waals surface area (Å²) >= 11 is 10.0. The Morgan fingerprint density at radius 2 is 0.667 bits per heavy atom. The van der Waals surface area contributed by atoms with Crippen molar-refractivity contribution in [1.82, 2.24) is 0 Å². The third kappa shape index (κ3) is 18.7. The quantitative estimate of drug-likeness (QED) is 0.0768. The van der Waals surface area contributed by atoms with Gasteiger partial charge in [-0.1, -0.05) is 182 Å². The number of halogens is 2. The van der Waals surface area contributed by atoms with E-state index in [9.17, 15) is 0 Å². The van der Waals surface area contributed by atoms with Crippen LogP contribution in [0, 0.1) is 11.8 Å². The first kappa shape index (κ1) is 37.7. The lowest BCUT2D eigenvalue weighted by Crippen LogP contribution is -2.10. The van der Waals surface area contributed by atoms with Gasteiger partial charge >= 0.3 is 0 Å². The van der Waals surface area contributed by atoms with Gasteiger partial charge in [0.05, 0.1) is 7.57 Å². The third-order valence-electron chi connectivity index (χ3n) is 8.87. The largest absolute Gasteiger partial charge is 0.121 e. The summed E-state index contributed by atoms with van der Waals surface area (Å²) in [5.74, 6) is 1.71. The Hall–Kier alpha value is 0.660. The maximum absolute atomic E-state index is 4.04. The first-order valence-corrected chi connectivity index (χ1v) is 19.9. The standard InChI is InChI=1S/C36H66Br2S/c1-5-9-13-17-19-23-27-31(25-21-15-11-7-3)29-33-34(36(38)39-35(33)37)30-32(26-22-16-12-8-4)28-24-20-18-14-10-6-2/h31-32H,5-30H2,1-4H3. The fourth-order valence-electron chi connectivity index (χ4n) is 6.27. The molecule has 1 aromatic rings. The molecule has 39 heavy (non-hydrogen) atoms. The summed E-state index contributed by atoms with van der Waals surface area (Å²) in [5.41, 5.74) is 3.33. The highest BCUT2D eigenvalue weighted by molar-refractivity contribution is 9.12. The van der Waals surface area contributed by atoms with Crippen molar-refractivity contribution in [2.24, 2.45) is 11.8 Å². The molecule has 0 amide bonds. The molecule has 2 unspecified atom stereocenters. The fourth-order valence-corrected chi connectivity index (χ4v) is 9.51. The van der Waals surface area contributed by atoms with Crippen LogP contribution in [0.15, 0.2) is 7.57 Å². The molecule has 230 valence electrons. The van der Waals surface area contributed by atoms with Crippen molar-refractivity contribution in [3.63, 3.8) is 0 Å².